The zero-order chi connectivity index (χ0) is 15.7. The molecular weight excluding hydrogens is 367 g/mol. The van der Waals surface area contributed by atoms with Crippen molar-refractivity contribution in [3.05, 3.63) is 11.7 Å². The van der Waals surface area contributed by atoms with Crippen LogP contribution in [0.3, 0.4) is 0 Å². The lowest BCUT2D eigenvalue weighted by molar-refractivity contribution is -0.135. The van der Waals surface area contributed by atoms with E-state index in [2.05, 4.69) is 20.4 Å². The molecule has 2 saturated heterocycles. The van der Waals surface area contributed by atoms with E-state index < -0.39 is 24.9 Å². The summed E-state index contributed by atoms with van der Waals surface area (Å²) in [5.41, 5.74) is 0. The quantitative estimate of drug-likeness (QED) is 0.828. The highest BCUT2D eigenvalue weighted by Crippen LogP contribution is 2.26. The summed E-state index contributed by atoms with van der Waals surface area (Å²) in [6.45, 7) is 4.26. The molecule has 3 heterocycles. The lowest BCUT2D eigenvalue weighted by atomic mass is 10.1. The average Bonchev–Trinajstić information content (AvgIpc) is 3.04. The van der Waals surface area contributed by atoms with Crippen LogP contribution in [0.25, 0.3) is 0 Å². The summed E-state index contributed by atoms with van der Waals surface area (Å²) in [5, 5.41) is 6.34. The van der Waals surface area contributed by atoms with Crippen LogP contribution in [-0.4, -0.2) is 70.5 Å². The lowest BCUT2D eigenvalue weighted by Crippen LogP contribution is -2.52. The molecular formula is C13H21Cl2F2N5O2. The van der Waals surface area contributed by atoms with Crippen LogP contribution in [0.15, 0.2) is 4.52 Å². The van der Waals surface area contributed by atoms with E-state index in [0.29, 0.717) is 44.4 Å². The van der Waals surface area contributed by atoms with Crippen molar-refractivity contribution in [1.82, 2.24) is 25.3 Å². The molecule has 0 spiro atoms. The standard InChI is InChI=1S/C13H19F2N5O2.2ClH/c1-9-17-11(22-18-9)7-19-2-4-20(5-3-19)12(21)10-6-13(14,15)8-16-10;;/h10,16H,2-8H2,1H3;2*1H. The fourth-order valence-electron chi connectivity index (χ4n) is 2.83. The van der Waals surface area contributed by atoms with E-state index in [0.717, 1.165) is 0 Å². The van der Waals surface area contributed by atoms with Gasteiger partial charge in [0.25, 0.3) is 5.92 Å². The molecule has 0 saturated carbocycles. The van der Waals surface area contributed by atoms with Crippen molar-refractivity contribution >= 4 is 30.7 Å². The van der Waals surface area contributed by atoms with Gasteiger partial charge < -0.3 is 9.42 Å². The zero-order valence-corrected chi connectivity index (χ0v) is 14.8. The smallest absolute Gasteiger partial charge is 0.262 e. The minimum absolute atomic E-state index is 0. The number of nitrogens with one attached hydrogen (secondary N) is 1. The third-order valence-corrected chi connectivity index (χ3v) is 4.02. The number of aromatic nitrogens is 2. The monoisotopic (exact) mass is 387 g/mol. The van der Waals surface area contributed by atoms with E-state index in [9.17, 15) is 13.6 Å². The largest absolute Gasteiger partial charge is 0.339 e. The van der Waals surface area contributed by atoms with E-state index in [-0.39, 0.29) is 30.7 Å². The van der Waals surface area contributed by atoms with Crippen molar-refractivity contribution in [3.63, 3.8) is 0 Å². The normalized spacial score (nSPS) is 23.5. The number of alkyl halides is 2. The number of carbonyl (C=O) groups excluding carboxylic acids is 1. The van der Waals surface area contributed by atoms with Crippen LogP contribution >= 0.6 is 24.8 Å². The Balaban J connectivity index is 0.00000144. The number of halogens is 4. The maximum atomic E-state index is 13.2. The lowest BCUT2D eigenvalue weighted by Gasteiger charge is -2.35. The number of aryl methyl sites for hydroxylation is 1. The second-order valence-corrected chi connectivity index (χ2v) is 5.83. The van der Waals surface area contributed by atoms with Gasteiger partial charge in [-0.2, -0.15) is 4.98 Å². The van der Waals surface area contributed by atoms with Crippen LogP contribution in [-0.2, 0) is 11.3 Å². The van der Waals surface area contributed by atoms with Gasteiger partial charge in [0.1, 0.15) is 0 Å². The number of piperazine rings is 1. The summed E-state index contributed by atoms with van der Waals surface area (Å²) in [6, 6.07) is -0.764. The SMILES string of the molecule is Cc1noc(CN2CCN(C(=O)C3CC(F)(F)CN3)CC2)n1.Cl.Cl. The minimum Gasteiger partial charge on any atom is -0.339 e. The van der Waals surface area contributed by atoms with Crippen LogP contribution < -0.4 is 5.32 Å². The molecule has 7 nitrogen and oxygen atoms in total. The van der Waals surface area contributed by atoms with Gasteiger partial charge in [-0.25, -0.2) is 8.78 Å². The molecule has 1 N–H and O–H groups in total. The summed E-state index contributed by atoms with van der Waals surface area (Å²) in [5.74, 6) is -1.87. The fourth-order valence-corrected chi connectivity index (χ4v) is 2.83. The Kier molecular flexibility index (Phi) is 7.33. The first-order valence-corrected chi connectivity index (χ1v) is 7.34. The van der Waals surface area contributed by atoms with Crippen molar-refractivity contribution in [1.29, 1.82) is 0 Å². The van der Waals surface area contributed by atoms with Crippen LogP contribution in [0.2, 0.25) is 0 Å². The predicted octanol–water partition coefficient (Wildman–Crippen LogP) is 0.863. The third-order valence-electron chi connectivity index (χ3n) is 4.02. The number of rotatable bonds is 3. The second-order valence-electron chi connectivity index (χ2n) is 5.83. The van der Waals surface area contributed by atoms with Crippen LogP contribution in [0, 0.1) is 6.92 Å². The molecule has 2 fully saturated rings. The number of nitrogens with zero attached hydrogens (tertiary/aromatic N) is 4. The highest BCUT2D eigenvalue weighted by atomic mass is 35.5. The zero-order valence-electron chi connectivity index (χ0n) is 13.2. The molecule has 0 radical (unpaired) electrons. The summed E-state index contributed by atoms with van der Waals surface area (Å²) in [4.78, 5) is 20.1. The number of hydrogen-bond acceptors (Lipinski definition) is 6. The number of hydrogen-bond donors (Lipinski definition) is 1. The molecule has 138 valence electrons. The molecule has 24 heavy (non-hydrogen) atoms. The van der Waals surface area contributed by atoms with Gasteiger partial charge >= 0.3 is 0 Å². The molecule has 1 amide bonds. The predicted molar refractivity (Wildman–Crippen MR) is 86.7 cm³/mol. The van der Waals surface area contributed by atoms with Gasteiger partial charge in [-0.3, -0.25) is 15.0 Å². The van der Waals surface area contributed by atoms with Gasteiger partial charge in [0.05, 0.1) is 19.1 Å². The van der Waals surface area contributed by atoms with Gasteiger partial charge in [0, 0.05) is 32.6 Å². The molecule has 0 aromatic carbocycles. The van der Waals surface area contributed by atoms with Gasteiger partial charge in [0.15, 0.2) is 5.82 Å². The minimum atomic E-state index is -2.78. The Bertz CT molecular complexity index is 552. The summed E-state index contributed by atoms with van der Waals surface area (Å²) in [7, 11) is 0. The summed E-state index contributed by atoms with van der Waals surface area (Å²) >= 11 is 0. The van der Waals surface area contributed by atoms with Gasteiger partial charge in [-0.05, 0) is 6.92 Å². The van der Waals surface area contributed by atoms with E-state index in [1.54, 1.807) is 11.8 Å². The van der Waals surface area contributed by atoms with E-state index in [4.69, 9.17) is 4.52 Å². The fraction of sp³-hybridized carbons (Fsp3) is 0.769. The van der Waals surface area contributed by atoms with Crippen LogP contribution in [0.5, 0.6) is 0 Å². The number of amides is 1. The molecule has 2 aliphatic heterocycles. The second kappa shape index (κ2) is 8.37. The van der Waals surface area contributed by atoms with Crippen molar-refractivity contribution in [2.45, 2.75) is 31.9 Å². The third kappa shape index (κ3) is 4.98. The molecule has 0 aliphatic carbocycles. The molecule has 1 unspecified atom stereocenters. The average molecular weight is 388 g/mol. The van der Waals surface area contributed by atoms with Crippen LogP contribution in [0.4, 0.5) is 8.78 Å². The first-order chi connectivity index (χ1) is 10.4. The summed E-state index contributed by atoms with van der Waals surface area (Å²) < 4.78 is 31.4. The molecule has 0 bridgehead atoms. The molecule has 3 rings (SSSR count). The Morgan fingerprint density at radius 1 is 1.33 bits per heavy atom. The van der Waals surface area contributed by atoms with Gasteiger partial charge in [0.2, 0.25) is 11.8 Å². The molecule has 2 aliphatic rings. The van der Waals surface area contributed by atoms with Crippen LogP contribution in [0.1, 0.15) is 18.1 Å². The van der Waals surface area contributed by atoms with Gasteiger partial charge in [-0.1, -0.05) is 5.16 Å². The Hall–Kier alpha value is -1.03. The van der Waals surface area contributed by atoms with E-state index in [1.165, 1.54) is 0 Å². The highest BCUT2D eigenvalue weighted by Gasteiger charge is 2.43. The highest BCUT2D eigenvalue weighted by molar-refractivity contribution is 5.85. The van der Waals surface area contributed by atoms with E-state index >= 15 is 0 Å². The van der Waals surface area contributed by atoms with E-state index in [1.807, 2.05) is 0 Å². The van der Waals surface area contributed by atoms with Crippen molar-refractivity contribution in [2.75, 3.05) is 32.7 Å². The van der Waals surface area contributed by atoms with Crippen molar-refractivity contribution in [3.8, 4) is 0 Å². The van der Waals surface area contributed by atoms with Crippen molar-refractivity contribution in [2.24, 2.45) is 0 Å². The Morgan fingerprint density at radius 2 is 2.00 bits per heavy atom. The maximum absolute atomic E-state index is 13.2. The summed E-state index contributed by atoms with van der Waals surface area (Å²) in [6.07, 6.45) is -0.409. The first kappa shape index (κ1) is 21.0. The molecule has 1 atom stereocenters. The molecule has 1 aromatic heterocycles. The Morgan fingerprint density at radius 3 is 2.50 bits per heavy atom. The topological polar surface area (TPSA) is 74.5 Å². The maximum Gasteiger partial charge on any atom is 0.262 e. The van der Waals surface area contributed by atoms with Gasteiger partial charge in [-0.15, -0.1) is 24.8 Å². The first-order valence-electron chi connectivity index (χ1n) is 7.34. The van der Waals surface area contributed by atoms with Crippen molar-refractivity contribution < 1.29 is 18.1 Å². The number of carbonyl (C=O) groups is 1. The Labute approximate surface area is 150 Å². The molecule has 1 aromatic rings. The molecule has 11 heteroatoms.